The van der Waals surface area contributed by atoms with Crippen LogP contribution in [0, 0.1) is 13.8 Å². The third-order valence-corrected chi connectivity index (χ3v) is 3.64. The Hall–Kier alpha value is -2.06. The molecule has 3 rings (SSSR count). The van der Waals surface area contributed by atoms with E-state index in [2.05, 4.69) is 61.6 Å². The number of hydrogen-bond acceptors (Lipinski definition) is 2. The van der Waals surface area contributed by atoms with Crippen molar-refractivity contribution in [3.8, 4) is 0 Å². The smallest absolute Gasteiger partial charge is 0.134 e. The van der Waals surface area contributed by atoms with E-state index in [1.807, 2.05) is 13.1 Å². The minimum atomic E-state index is 0.0857. The maximum Gasteiger partial charge on any atom is 0.134 e. The second kappa shape index (κ2) is 5.14. The summed E-state index contributed by atoms with van der Waals surface area (Å²) in [7, 11) is 1.96. The summed E-state index contributed by atoms with van der Waals surface area (Å²) in [6.45, 7) is 4.21. The van der Waals surface area contributed by atoms with Crippen LogP contribution < -0.4 is 5.32 Å². The molecule has 102 valence electrons. The van der Waals surface area contributed by atoms with E-state index < -0.39 is 0 Å². The van der Waals surface area contributed by atoms with Crippen molar-refractivity contribution in [2.75, 3.05) is 7.05 Å². The largest absolute Gasteiger partial charge is 0.459 e. The normalized spacial score (nSPS) is 12.8. The van der Waals surface area contributed by atoms with Crippen LogP contribution in [-0.4, -0.2) is 7.05 Å². The van der Waals surface area contributed by atoms with Crippen molar-refractivity contribution in [1.29, 1.82) is 0 Å². The van der Waals surface area contributed by atoms with Gasteiger partial charge in [-0.1, -0.05) is 41.5 Å². The van der Waals surface area contributed by atoms with Crippen molar-refractivity contribution >= 4 is 11.0 Å². The maximum atomic E-state index is 6.01. The predicted octanol–water partition coefficient (Wildman–Crippen LogP) is 4.36. The van der Waals surface area contributed by atoms with E-state index in [9.17, 15) is 0 Å². The zero-order valence-corrected chi connectivity index (χ0v) is 12.1. The molecule has 1 aromatic heterocycles. The van der Waals surface area contributed by atoms with Crippen LogP contribution in [0.25, 0.3) is 11.0 Å². The number of fused-ring (bicyclic) bond motifs is 1. The van der Waals surface area contributed by atoms with E-state index in [1.165, 1.54) is 16.7 Å². The first-order valence-electron chi connectivity index (χ1n) is 6.91. The summed E-state index contributed by atoms with van der Waals surface area (Å²) in [5, 5.41) is 4.50. The third-order valence-electron chi connectivity index (χ3n) is 3.64. The standard InChI is InChI=1S/C18H19NO/c1-12-5-4-6-14(9-12)18(19-3)17-11-15-10-13(2)7-8-16(15)20-17/h4-11,18-19H,1-3H3. The van der Waals surface area contributed by atoms with Crippen molar-refractivity contribution in [1.82, 2.24) is 5.32 Å². The van der Waals surface area contributed by atoms with Crippen LogP contribution in [0.2, 0.25) is 0 Å². The molecule has 0 radical (unpaired) electrons. The monoisotopic (exact) mass is 265 g/mol. The van der Waals surface area contributed by atoms with E-state index in [-0.39, 0.29) is 6.04 Å². The lowest BCUT2D eigenvalue weighted by Gasteiger charge is -2.14. The van der Waals surface area contributed by atoms with Crippen LogP contribution in [0.5, 0.6) is 0 Å². The van der Waals surface area contributed by atoms with Crippen molar-refractivity contribution in [3.63, 3.8) is 0 Å². The predicted molar refractivity (Wildman–Crippen MR) is 83.0 cm³/mol. The van der Waals surface area contributed by atoms with Crippen LogP contribution in [0.15, 0.2) is 52.9 Å². The van der Waals surface area contributed by atoms with Gasteiger partial charge < -0.3 is 9.73 Å². The second-order valence-corrected chi connectivity index (χ2v) is 5.33. The highest BCUT2D eigenvalue weighted by atomic mass is 16.3. The molecule has 2 nitrogen and oxygen atoms in total. The summed E-state index contributed by atoms with van der Waals surface area (Å²) in [5.41, 5.74) is 4.68. The van der Waals surface area contributed by atoms with Crippen LogP contribution in [0.1, 0.15) is 28.5 Å². The molecule has 0 spiro atoms. The number of benzene rings is 2. The summed E-state index contributed by atoms with van der Waals surface area (Å²) in [4.78, 5) is 0. The Morgan fingerprint density at radius 1 is 0.950 bits per heavy atom. The molecule has 0 saturated carbocycles. The number of furan rings is 1. The van der Waals surface area contributed by atoms with Gasteiger partial charge in [0.2, 0.25) is 0 Å². The Kier molecular flexibility index (Phi) is 3.33. The molecule has 1 heterocycles. The minimum Gasteiger partial charge on any atom is -0.459 e. The molecule has 3 aromatic rings. The lowest BCUT2D eigenvalue weighted by molar-refractivity contribution is 0.491. The number of hydrogen-bond donors (Lipinski definition) is 1. The van der Waals surface area contributed by atoms with Crippen molar-refractivity contribution in [3.05, 3.63) is 71.0 Å². The summed E-state index contributed by atoms with van der Waals surface area (Å²) in [5.74, 6) is 0.957. The fraction of sp³-hybridized carbons (Fsp3) is 0.222. The molecule has 0 bridgehead atoms. The van der Waals surface area contributed by atoms with Crippen molar-refractivity contribution < 1.29 is 4.42 Å². The average molecular weight is 265 g/mol. The van der Waals surface area contributed by atoms with E-state index in [0.29, 0.717) is 0 Å². The number of aryl methyl sites for hydroxylation is 2. The molecule has 1 N–H and O–H groups in total. The van der Waals surface area contributed by atoms with Gasteiger partial charge in [0.15, 0.2) is 0 Å². The Balaban J connectivity index is 2.07. The van der Waals surface area contributed by atoms with Crippen molar-refractivity contribution in [2.45, 2.75) is 19.9 Å². The van der Waals surface area contributed by atoms with Gasteiger partial charge in [0, 0.05) is 5.39 Å². The van der Waals surface area contributed by atoms with Crippen LogP contribution in [0.3, 0.4) is 0 Å². The van der Waals surface area contributed by atoms with Gasteiger partial charge in [-0.25, -0.2) is 0 Å². The molecule has 1 unspecified atom stereocenters. The summed E-state index contributed by atoms with van der Waals surface area (Å²) in [6, 6.07) is 17.0. The van der Waals surface area contributed by atoms with Gasteiger partial charge in [-0.05, 0) is 44.7 Å². The SMILES string of the molecule is CNC(c1cccc(C)c1)c1cc2cc(C)ccc2o1. The lowest BCUT2D eigenvalue weighted by Crippen LogP contribution is -2.16. The number of nitrogens with one attached hydrogen (secondary N) is 1. The van der Waals surface area contributed by atoms with Crippen LogP contribution in [-0.2, 0) is 0 Å². The zero-order valence-electron chi connectivity index (χ0n) is 12.1. The van der Waals surface area contributed by atoms with Gasteiger partial charge >= 0.3 is 0 Å². The molecule has 0 fully saturated rings. The van der Waals surface area contributed by atoms with Crippen LogP contribution >= 0.6 is 0 Å². The molecule has 20 heavy (non-hydrogen) atoms. The molecule has 0 aliphatic carbocycles. The van der Waals surface area contributed by atoms with Crippen molar-refractivity contribution in [2.24, 2.45) is 0 Å². The third kappa shape index (κ3) is 2.35. The quantitative estimate of drug-likeness (QED) is 0.761. The lowest BCUT2D eigenvalue weighted by atomic mass is 10.0. The molecular weight excluding hydrogens is 246 g/mol. The second-order valence-electron chi connectivity index (χ2n) is 5.33. The summed E-state index contributed by atoms with van der Waals surface area (Å²) >= 11 is 0. The molecular formula is C18H19NO. The molecule has 0 amide bonds. The van der Waals surface area contributed by atoms with Gasteiger partial charge in [0.25, 0.3) is 0 Å². The molecule has 0 aliphatic rings. The Bertz CT molecular complexity index is 742. The van der Waals surface area contributed by atoms with E-state index in [0.717, 1.165) is 16.7 Å². The summed E-state index contributed by atoms with van der Waals surface area (Å²) < 4.78 is 6.01. The first-order chi connectivity index (χ1) is 9.67. The van der Waals surface area contributed by atoms with Gasteiger partial charge in [-0.2, -0.15) is 0 Å². The van der Waals surface area contributed by atoms with E-state index in [1.54, 1.807) is 0 Å². The summed E-state index contributed by atoms with van der Waals surface area (Å²) in [6.07, 6.45) is 0. The molecule has 2 aromatic carbocycles. The van der Waals surface area contributed by atoms with Crippen LogP contribution in [0.4, 0.5) is 0 Å². The zero-order chi connectivity index (χ0) is 14.1. The minimum absolute atomic E-state index is 0.0857. The molecule has 1 atom stereocenters. The highest BCUT2D eigenvalue weighted by Crippen LogP contribution is 2.29. The number of rotatable bonds is 3. The highest BCUT2D eigenvalue weighted by molar-refractivity contribution is 5.79. The highest BCUT2D eigenvalue weighted by Gasteiger charge is 2.16. The fourth-order valence-electron chi connectivity index (χ4n) is 2.65. The fourth-order valence-corrected chi connectivity index (χ4v) is 2.65. The Morgan fingerprint density at radius 3 is 2.50 bits per heavy atom. The first-order valence-corrected chi connectivity index (χ1v) is 6.91. The first kappa shape index (κ1) is 12.9. The average Bonchev–Trinajstić information content (AvgIpc) is 2.82. The molecule has 0 saturated heterocycles. The topological polar surface area (TPSA) is 25.2 Å². The van der Waals surface area contributed by atoms with E-state index >= 15 is 0 Å². The van der Waals surface area contributed by atoms with Gasteiger partial charge in [0.05, 0.1) is 6.04 Å². The van der Waals surface area contributed by atoms with Gasteiger partial charge in [-0.15, -0.1) is 0 Å². The Labute approximate surface area is 119 Å². The molecule has 2 heteroatoms. The Morgan fingerprint density at radius 2 is 1.75 bits per heavy atom. The van der Waals surface area contributed by atoms with E-state index in [4.69, 9.17) is 4.42 Å². The molecule has 0 aliphatic heterocycles. The maximum absolute atomic E-state index is 6.01. The van der Waals surface area contributed by atoms with Gasteiger partial charge in [-0.3, -0.25) is 0 Å². The van der Waals surface area contributed by atoms with Gasteiger partial charge in [0.1, 0.15) is 11.3 Å².